The predicted octanol–water partition coefficient (Wildman–Crippen LogP) is 5.08. The number of benzene rings is 2. The van der Waals surface area contributed by atoms with Gasteiger partial charge in [0.25, 0.3) is 0 Å². The maximum absolute atomic E-state index is 12.8. The second-order valence-corrected chi connectivity index (χ2v) is 6.57. The molecule has 0 heterocycles. The molecular weight excluding hydrogens is 372 g/mol. The summed E-state index contributed by atoms with van der Waals surface area (Å²) in [6.45, 7) is 6.96. The fourth-order valence-corrected chi connectivity index (χ4v) is 2.49. The van der Waals surface area contributed by atoms with Gasteiger partial charge in [-0.2, -0.15) is 0 Å². The molecular formula is C22H28N2O5. The molecule has 2 rings (SSSR count). The highest BCUT2D eigenvalue weighted by Gasteiger charge is 2.18. The van der Waals surface area contributed by atoms with Crippen molar-refractivity contribution in [2.24, 2.45) is 0 Å². The van der Waals surface area contributed by atoms with Crippen LogP contribution < -0.4 is 15.0 Å². The van der Waals surface area contributed by atoms with Gasteiger partial charge < -0.3 is 14.2 Å². The zero-order valence-electron chi connectivity index (χ0n) is 17.1. The maximum atomic E-state index is 12.8. The van der Waals surface area contributed by atoms with E-state index < -0.39 is 12.2 Å². The first-order valence-electron chi connectivity index (χ1n) is 9.69. The molecule has 0 aliphatic carbocycles. The van der Waals surface area contributed by atoms with Crippen molar-refractivity contribution in [3.05, 3.63) is 54.6 Å². The van der Waals surface area contributed by atoms with Crippen LogP contribution in [0.1, 0.15) is 27.2 Å². The number of carbonyl (C=O) groups is 2. The lowest BCUT2D eigenvalue weighted by atomic mass is 10.3. The summed E-state index contributed by atoms with van der Waals surface area (Å²) in [5, 5.41) is 2.61. The molecule has 0 saturated carbocycles. The molecule has 7 nitrogen and oxygen atoms in total. The average Bonchev–Trinajstić information content (AvgIpc) is 2.68. The van der Waals surface area contributed by atoms with Crippen LogP contribution in [0.15, 0.2) is 54.6 Å². The van der Waals surface area contributed by atoms with E-state index in [-0.39, 0.29) is 6.10 Å². The molecule has 0 aliphatic heterocycles. The zero-order chi connectivity index (χ0) is 21.1. The van der Waals surface area contributed by atoms with Gasteiger partial charge in [-0.05, 0) is 44.5 Å². The molecule has 0 aliphatic rings. The molecule has 1 N–H and O–H groups in total. The first-order valence-corrected chi connectivity index (χ1v) is 9.69. The minimum Gasteiger partial charge on any atom is -0.447 e. The van der Waals surface area contributed by atoms with Crippen LogP contribution in [0.2, 0.25) is 0 Å². The molecule has 0 bridgehead atoms. The molecule has 2 aromatic rings. The van der Waals surface area contributed by atoms with Crippen molar-refractivity contribution < 1.29 is 23.8 Å². The second-order valence-electron chi connectivity index (χ2n) is 6.57. The van der Waals surface area contributed by atoms with Crippen LogP contribution in [0.4, 0.5) is 21.0 Å². The number of nitrogens with one attached hydrogen (secondary N) is 1. The van der Waals surface area contributed by atoms with Gasteiger partial charge in [0.1, 0.15) is 5.75 Å². The fraction of sp³-hybridized carbons (Fsp3) is 0.364. The zero-order valence-corrected chi connectivity index (χ0v) is 17.1. The van der Waals surface area contributed by atoms with Gasteiger partial charge in [-0.15, -0.1) is 0 Å². The van der Waals surface area contributed by atoms with E-state index in [1.54, 1.807) is 38.1 Å². The number of para-hydroxylation sites is 1. The van der Waals surface area contributed by atoms with E-state index in [2.05, 4.69) is 5.32 Å². The minimum absolute atomic E-state index is 0.231. The summed E-state index contributed by atoms with van der Waals surface area (Å²) in [6, 6.07) is 15.8. The molecule has 7 heteroatoms. The summed E-state index contributed by atoms with van der Waals surface area (Å²) in [5.41, 5.74) is 1.19. The smallest absolute Gasteiger partial charge is 0.419 e. The number of amides is 2. The second kappa shape index (κ2) is 11.7. The predicted molar refractivity (Wildman–Crippen MR) is 113 cm³/mol. The molecule has 29 heavy (non-hydrogen) atoms. The Bertz CT molecular complexity index is 780. The van der Waals surface area contributed by atoms with E-state index in [4.69, 9.17) is 14.2 Å². The van der Waals surface area contributed by atoms with Crippen molar-refractivity contribution in [1.29, 1.82) is 0 Å². The van der Waals surface area contributed by atoms with Crippen LogP contribution in [-0.4, -0.2) is 38.0 Å². The fourth-order valence-electron chi connectivity index (χ4n) is 2.49. The molecule has 0 saturated heterocycles. The minimum atomic E-state index is -0.567. The Kier molecular flexibility index (Phi) is 8.98. The van der Waals surface area contributed by atoms with Gasteiger partial charge in [0.2, 0.25) is 0 Å². The standard InChI is InChI=1S/C22H28N2O5/c1-4-14-27-15-13-24(19-10-6-5-7-11-19)22(26)29-20-12-8-9-18(16-20)23-21(25)28-17(2)3/h5-12,16-17H,4,13-15H2,1-3H3,(H,23,25). The number of rotatable bonds is 9. The van der Waals surface area contributed by atoms with Gasteiger partial charge in [0.05, 0.1) is 19.3 Å². The van der Waals surface area contributed by atoms with Crippen LogP contribution in [0.5, 0.6) is 5.75 Å². The molecule has 0 spiro atoms. The van der Waals surface area contributed by atoms with Gasteiger partial charge in [0, 0.05) is 24.0 Å². The van der Waals surface area contributed by atoms with Crippen molar-refractivity contribution in [2.45, 2.75) is 33.3 Å². The van der Waals surface area contributed by atoms with Gasteiger partial charge in [-0.1, -0.05) is 31.2 Å². The first kappa shape index (κ1) is 22.2. The average molecular weight is 400 g/mol. The Balaban J connectivity index is 2.06. The third-order valence-corrected chi connectivity index (χ3v) is 3.72. The van der Waals surface area contributed by atoms with Crippen molar-refractivity contribution in [3.8, 4) is 5.75 Å². The van der Waals surface area contributed by atoms with E-state index in [0.717, 1.165) is 6.42 Å². The molecule has 156 valence electrons. The number of nitrogens with zero attached hydrogens (tertiary/aromatic N) is 1. The highest BCUT2D eigenvalue weighted by Crippen LogP contribution is 2.21. The molecule has 2 aromatic carbocycles. The van der Waals surface area contributed by atoms with E-state index in [0.29, 0.717) is 36.9 Å². The SMILES string of the molecule is CCCOCCN(C(=O)Oc1cccc(NC(=O)OC(C)C)c1)c1ccccc1. The normalized spacial score (nSPS) is 10.5. The molecule has 2 amide bonds. The van der Waals surface area contributed by atoms with Gasteiger partial charge in [-0.3, -0.25) is 10.2 Å². The summed E-state index contributed by atoms with van der Waals surface area (Å²) >= 11 is 0. The van der Waals surface area contributed by atoms with E-state index >= 15 is 0 Å². The van der Waals surface area contributed by atoms with Gasteiger partial charge in [0.15, 0.2) is 0 Å². The summed E-state index contributed by atoms with van der Waals surface area (Å²) in [7, 11) is 0. The quantitative estimate of drug-likeness (QED) is 0.594. The molecule has 0 aromatic heterocycles. The van der Waals surface area contributed by atoms with E-state index in [9.17, 15) is 9.59 Å². The summed E-state index contributed by atoms with van der Waals surface area (Å²) in [6.07, 6.45) is -0.416. The lowest BCUT2D eigenvalue weighted by molar-refractivity contribution is 0.130. The van der Waals surface area contributed by atoms with Crippen molar-refractivity contribution >= 4 is 23.6 Å². The lowest BCUT2D eigenvalue weighted by Crippen LogP contribution is -2.36. The Hall–Kier alpha value is -3.06. The first-order chi connectivity index (χ1) is 14.0. The number of hydrogen-bond acceptors (Lipinski definition) is 5. The molecule has 0 unspecified atom stereocenters. The Morgan fingerprint density at radius 3 is 2.48 bits per heavy atom. The van der Waals surface area contributed by atoms with Crippen LogP contribution >= 0.6 is 0 Å². The van der Waals surface area contributed by atoms with Crippen molar-refractivity contribution in [2.75, 3.05) is 30.0 Å². The van der Waals surface area contributed by atoms with Gasteiger partial charge >= 0.3 is 12.2 Å². The highest BCUT2D eigenvalue weighted by atomic mass is 16.6. The highest BCUT2D eigenvalue weighted by molar-refractivity contribution is 5.89. The van der Waals surface area contributed by atoms with Crippen LogP contribution in [0.25, 0.3) is 0 Å². The van der Waals surface area contributed by atoms with Crippen molar-refractivity contribution in [3.63, 3.8) is 0 Å². The number of ether oxygens (including phenoxy) is 3. The number of anilines is 2. The third kappa shape index (κ3) is 7.83. The number of carbonyl (C=O) groups excluding carboxylic acids is 2. The topological polar surface area (TPSA) is 77.1 Å². The Morgan fingerprint density at radius 2 is 1.79 bits per heavy atom. The summed E-state index contributed by atoms with van der Waals surface area (Å²) in [4.78, 5) is 26.1. The van der Waals surface area contributed by atoms with E-state index in [1.807, 2.05) is 37.3 Å². The third-order valence-electron chi connectivity index (χ3n) is 3.72. The lowest BCUT2D eigenvalue weighted by Gasteiger charge is -2.22. The summed E-state index contributed by atoms with van der Waals surface area (Å²) in [5.74, 6) is 0.313. The monoisotopic (exact) mass is 400 g/mol. The number of hydrogen-bond donors (Lipinski definition) is 1. The largest absolute Gasteiger partial charge is 0.447 e. The molecule has 0 radical (unpaired) electrons. The van der Waals surface area contributed by atoms with Gasteiger partial charge in [-0.25, -0.2) is 9.59 Å². The molecule has 0 fully saturated rings. The van der Waals surface area contributed by atoms with Crippen LogP contribution in [-0.2, 0) is 9.47 Å². The van der Waals surface area contributed by atoms with Crippen LogP contribution in [0.3, 0.4) is 0 Å². The summed E-state index contributed by atoms with van der Waals surface area (Å²) < 4.78 is 16.1. The Morgan fingerprint density at radius 1 is 1.03 bits per heavy atom. The van der Waals surface area contributed by atoms with E-state index in [1.165, 1.54) is 4.90 Å². The maximum Gasteiger partial charge on any atom is 0.419 e. The van der Waals surface area contributed by atoms with Crippen LogP contribution in [0, 0.1) is 0 Å². The Labute approximate surface area is 171 Å². The molecule has 0 atom stereocenters. The van der Waals surface area contributed by atoms with Crippen molar-refractivity contribution in [1.82, 2.24) is 0 Å².